The van der Waals surface area contributed by atoms with Crippen LogP contribution in [0.15, 0.2) is 17.5 Å². The number of aliphatic hydroxyl groups is 1. The Labute approximate surface area is 134 Å². The van der Waals surface area contributed by atoms with E-state index in [1.54, 1.807) is 11.3 Å². The zero-order valence-electron chi connectivity index (χ0n) is 12.7. The molecule has 4 rings (SSSR count). The van der Waals surface area contributed by atoms with E-state index >= 15 is 0 Å². The van der Waals surface area contributed by atoms with Crippen LogP contribution >= 0.6 is 11.3 Å². The van der Waals surface area contributed by atoms with Crippen LogP contribution in [0.25, 0.3) is 0 Å². The second-order valence-corrected chi connectivity index (χ2v) is 7.31. The maximum atomic E-state index is 10.1. The van der Waals surface area contributed by atoms with Gasteiger partial charge in [-0.2, -0.15) is 0 Å². The largest absolute Gasteiger partial charge is 0.392 e. The van der Waals surface area contributed by atoms with E-state index in [1.165, 1.54) is 4.88 Å². The predicted octanol–water partition coefficient (Wildman–Crippen LogP) is 1.09. The average Bonchev–Trinajstić information content (AvgIpc) is 3.19. The van der Waals surface area contributed by atoms with Crippen molar-refractivity contribution < 1.29 is 5.11 Å². The second kappa shape index (κ2) is 5.73. The summed E-state index contributed by atoms with van der Waals surface area (Å²) in [6.07, 6.45) is 0.475. The molecule has 0 aromatic carbocycles. The predicted molar refractivity (Wildman–Crippen MR) is 84.4 cm³/mol. The summed E-state index contributed by atoms with van der Waals surface area (Å²) in [4.78, 5) is 5.93. The fraction of sp³-hybridized carbons (Fsp3) is 0.600. The van der Waals surface area contributed by atoms with Crippen LogP contribution in [0.3, 0.4) is 0 Å². The zero-order chi connectivity index (χ0) is 15.1. The fourth-order valence-corrected chi connectivity index (χ4v) is 4.20. The van der Waals surface area contributed by atoms with E-state index in [4.69, 9.17) is 0 Å². The summed E-state index contributed by atoms with van der Waals surface area (Å²) in [7, 11) is 2.11. The van der Waals surface area contributed by atoms with Crippen LogP contribution in [-0.4, -0.2) is 55.9 Å². The van der Waals surface area contributed by atoms with E-state index in [-0.39, 0.29) is 12.1 Å². The minimum atomic E-state index is -0.274. The lowest BCUT2D eigenvalue weighted by Crippen LogP contribution is -2.33. The van der Waals surface area contributed by atoms with Crippen LogP contribution in [0.5, 0.6) is 0 Å². The highest BCUT2D eigenvalue weighted by atomic mass is 32.1. The van der Waals surface area contributed by atoms with Crippen LogP contribution in [-0.2, 0) is 19.6 Å². The molecule has 1 N–H and O–H groups in total. The smallest absolute Gasteiger partial charge is 0.150 e. The topological polar surface area (TPSA) is 57.4 Å². The average molecular weight is 319 g/mol. The molecule has 1 fully saturated rings. The first kappa shape index (κ1) is 14.3. The number of likely N-dealkylation sites (tertiary alicyclic amines) is 1. The molecule has 7 heteroatoms. The molecule has 2 aliphatic heterocycles. The molecule has 2 atom stereocenters. The standard InChI is InChI=1S/C15H21N5OS/c1-18-4-5-20-14(10-18)16-17-15(20)13-7-11(21)8-19(13)9-12-3-2-6-22-12/h2-3,6,11,13,21H,4-5,7-10H2,1H3/t11-,13-/m0/s1. The molecule has 0 amide bonds. The van der Waals surface area contributed by atoms with Gasteiger partial charge in [0.2, 0.25) is 0 Å². The second-order valence-electron chi connectivity index (χ2n) is 6.28. The molecule has 0 saturated carbocycles. The molecular weight excluding hydrogens is 298 g/mol. The molecule has 2 aromatic rings. The van der Waals surface area contributed by atoms with Crippen LogP contribution in [0.2, 0.25) is 0 Å². The Bertz CT molecular complexity index is 640. The number of likely N-dealkylation sites (N-methyl/N-ethyl adjacent to an activating group) is 1. The van der Waals surface area contributed by atoms with E-state index < -0.39 is 0 Å². The Morgan fingerprint density at radius 3 is 3.09 bits per heavy atom. The number of aliphatic hydroxyl groups excluding tert-OH is 1. The van der Waals surface area contributed by atoms with Gasteiger partial charge in [0.1, 0.15) is 5.82 Å². The number of aromatic nitrogens is 3. The zero-order valence-corrected chi connectivity index (χ0v) is 13.5. The normalized spacial score (nSPS) is 26.5. The number of β-amino-alcohol motifs (C(OH)–C–C–N with tert-alkyl or cyclic N) is 1. The van der Waals surface area contributed by atoms with Crippen molar-refractivity contribution in [2.75, 3.05) is 20.1 Å². The first-order valence-corrected chi connectivity index (χ1v) is 8.63. The van der Waals surface area contributed by atoms with Gasteiger partial charge >= 0.3 is 0 Å². The third-order valence-electron chi connectivity index (χ3n) is 4.59. The number of hydrogen-bond acceptors (Lipinski definition) is 6. The van der Waals surface area contributed by atoms with E-state index in [2.05, 4.69) is 49.1 Å². The minimum absolute atomic E-state index is 0.168. The lowest BCUT2D eigenvalue weighted by molar-refractivity contribution is 0.172. The minimum Gasteiger partial charge on any atom is -0.392 e. The van der Waals surface area contributed by atoms with Crippen molar-refractivity contribution >= 4 is 11.3 Å². The summed E-state index contributed by atoms with van der Waals surface area (Å²) >= 11 is 1.77. The van der Waals surface area contributed by atoms with Gasteiger partial charge in [0.25, 0.3) is 0 Å². The number of fused-ring (bicyclic) bond motifs is 1. The fourth-order valence-electron chi connectivity index (χ4n) is 3.47. The lowest BCUT2D eigenvalue weighted by atomic mass is 10.1. The molecule has 22 heavy (non-hydrogen) atoms. The maximum absolute atomic E-state index is 10.1. The molecule has 0 bridgehead atoms. The van der Waals surface area contributed by atoms with Gasteiger partial charge < -0.3 is 9.67 Å². The Kier molecular flexibility index (Phi) is 3.73. The number of hydrogen-bond donors (Lipinski definition) is 1. The van der Waals surface area contributed by atoms with E-state index in [0.29, 0.717) is 6.54 Å². The van der Waals surface area contributed by atoms with Crippen LogP contribution < -0.4 is 0 Å². The molecule has 6 nitrogen and oxygen atoms in total. The summed E-state index contributed by atoms with van der Waals surface area (Å²) in [6, 6.07) is 4.40. The van der Waals surface area contributed by atoms with Crippen molar-refractivity contribution in [3.05, 3.63) is 34.0 Å². The van der Waals surface area contributed by atoms with Crippen molar-refractivity contribution in [2.24, 2.45) is 0 Å². The Balaban J connectivity index is 1.60. The third kappa shape index (κ3) is 2.58. The van der Waals surface area contributed by atoms with Crippen LogP contribution in [0.4, 0.5) is 0 Å². The highest BCUT2D eigenvalue weighted by Crippen LogP contribution is 2.34. The Morgan fingerprint density at radius 2 is 2.27 bits per heavy atom. The molecule has 0 aliphatic carbocycles. The highest BCUT2D eigenvalue weighted by Gasteiger charge is 2.36. The molecule has 0 unspecified atom stereocenters. The quantitative estimate of drug-likeness (QED) is 0.918. The third-order valence-corrected chi connectivity index (χ3v) is 5.45. The van der Waals surface area contributed by atoms with Crippen molar-refractivity contribution in [3.8, 4) is 0 Å². The Morgan fingerprint density at radius 1 is 1.36 bits per heavy atom. The highest BCUT2D eigenvalue weighted by molar-refractivity contribution is 7.09. The molecular formula is C15H21N5OS. The van der Waals surface area contributed by atoms with E-state index in [0.717, 1.165) is 44.2 Å². The summed E-state index contributed by atoms with van der Waals surface area (Å²) in [5.41, 5.74) is 0. The van der Waals surface area contributed by atoms with Crippen molar-refractivity contribution in [3.63, 3.8) is 0 Å². The van der Waals surface area contributed by atoms with E-state index in [1.807, 2.05) is 0 Å². The van der Waals surface area contributed by atoms with Crippen LogP contribution in [0.1, 0.15) is 29.0 Å². The van der Waals surface area contributed by atoms with E-state index in [9.17, 15) is 5.11 Å². The molecule has 0 spiro atoms. The molecule has 4 heterocycles. The van der Waals surface area contributed by atoms with Crippen LogP contribution in [0, 0.1) is 0 Å². The molecule has 118 valence electrons. The molecule has 2 aliphatic rings. The van der Waals surface area contributed by atoms with Gasteiger partial charge in [0.15, 0.2) is 5.82 Å². The summed E-state index contributed by atoms with van der Waals surface area (Å²) in [5.74, 6) is 2.07. The first-order chi connectivity index (χ1) is 10.7. The lowest BCUT2D eigenvalue weighted by Gasteiger charge is -2.27. The van der Waals surface area contributed by atoms with Gasteiger partial charge in [-0.15, -0.1) is 21.5 Å². The number of nitrogens with zero attached hydrogens (tertiary/aromatic N) is 5. The van der Waals surface area contributed by atoms with Gasteiger partial charge in [-0.3, -0.25) is 9.80 Å². The summed E-state index contributed by atoms with van der Waals surface area (Å²) in [5, 5.41) is 21.1. The van der Waals surface area contributed by atoms with Gasteiger partial charge in [0, 0.05) is 31.1 Å². The number of thiophene rings is 1. The van der Waals surface area contributed by atoms with Crippen molar-refractivity contribution in [2.45, 2.75) is 38.2 Å². The maximum Gasteiger partial charge on any atom is 0.150 e. The monoisotopic (exact) mass is 319 g/mol. The first-order valence-electron chi connectivity index (χ1n) is 7.75. The van der Waals surface area contributed by atoms with Gasteiger partial charge in [0.05, 0.1) is 18.7 Å². The van der Waals surface area contributed by atoms with Gasteiger partial charge in [-0.05, 0) is 24.9 Å². The SMILES string of the molecule is CN1CCn2c(nnc2[C@@H]2C[C@H](O)CN2Cc2cccs2)C1. The summed E-state index contributed by atoms with van der Waals surface area (Å²) in [6.45, 7) is 4.41. The van der Waals surface area contributed by atoms with Gasteiger partial charge in [-0.25, -0.2) is 0 Å². The van der Waals surface area contributed by atoms with Gasteiger partial charge in [-0.1, -0.05) is 6.07 Å². The number of rotatable bonds is 3. The van der Waals surface area contributed by atoms with Crippen molar-refractivity contribution in [1.82, 2.24) is 24.6 Å². The van der Waals surface area contributed by atoms with Crippen molar-refractivity contribution in [1.29, 1.82) is 0 Å². The molecule has 1 saturated heterocycles. The molecule has 2 aromatic heterocycles. The molecule has 0 radical (unpaired) electrons. The Hall–Kier alpha value is -1.28. The summed E-state index contributed by atoms with van der Waals surface area (Å²) < 4.78 is 2.25.